The number of hydrogen-bond donors (Lipinski definition) is 1. The van der Waals surface area contributed by atoms with Crippen molar-refractivity contribution in [2.75, 3.05) is 6.54 Å². The number of nitrogens with two attached hydrogens (primary N) is 1. The lowest BCUT2D eigenvalue weighted by Crippen LogP contribution is -2.44. The molecule has 2 aromatic heterocycles. The van der Waals surface area contributed by atoms with Crippen LogP contribution in [-0.2, 0) is 22.6 Å². The molecular formula is C27H37N5O4. The summed E-state index contributed by atoms with van der Waals surface area (Å²) >= 11 is 0. The molecule has 0 aliphatic heterocycles. The van der Waals surface area contributed by atoms with Crippen molar-refractivity contribution in [3.8, 4) is 0 Å². The summed E-state index contributed by atoms with van der Waals surface area (Å²) in [5.74, 6) is 0.0534. The van der Waals surface area contributed by atoms with Gasteiger partial charge in [0.05, 0.1) is 12.2 Å². The molecule has 1 atom stereocenters. The van der Waals surface area contributed by atoms with Crippen LogP contribution >= 0.6 is 0 Å². The van der Waals surface area contributed by atoms with Crippen molar-refractivity contribution in [3.63, 3.8) is 0 Å². The summed E-state index contributed by atoms with van der Waals surface area (Å²) in [6.45, 7) is 8.27. The molecule has 0 radical (unpaired) electrons. The van der Waals surface area contributed by atoms with Gasteiger partial charge in [0.2, 0.25) is 11.8 Å². The molecule has 9 nitrogen and oxygen atoms in total. The first-order valence-corrected chi connectivity index (χ1v) is 12.7. The number of nitrogens with zero attached hydrogens (tertiary/aromatic N) is 4. The van der Waals surface area contributed by atoms with Gasteiger partial charge in [-0.1, -0.05) is 62.7 Å². The Kier molecular flexibility index (Phi) is 9.38. The fraction of sp³-hybridized carbons (Fsp3) is 0.519. The molecule has 3 aromatic rings. The van der Waals surface area contributed by atoms with Crippen LogP contribution < -0.4 is 11.3 Å². The largest absolute Gasteiger partial charge is 0.370 e. The third-order valence-electron chi connectivity index (χ3n) is 6.41. The van der Waals surface area contributed by atoms with Crippen LogP contribution in [0.25, 0.3) is 11.1 Å². The maximum absolute atomic E-state index is 13.4. The summed E-state index contributed by atoms with van der Waals surface area (Å²) in [5.41, 5.74) is 6.99. The zero-order valence-electron chi connectivity index (χ0n) is 21.7. The van der Waals surface area contributed by atoms with Crippen LogP contribution in [0.2, 0.25) is 0 Å². The Morgan fingerprint density at radius 2 is 1.89 bits per heavy atom. The van der Waals surface area contributed by atoms with Crippen molar-refractivity contribution >= 4 is 22.9 Å². The third kappa shape index (κ3) is 6.59. The average Bonchev–Trinajstić information content (AvgIpc) is 3.22. The number of rotatable bonds is 13. The number of aryl methyl sites for hydroxylation is 2. The number of amides is 2. The summed E-state index contributed by atoms with van der Waals surface area (Å²) in [7, 11) is 0. The predicted octanol–water partition coefficient (Wildman–Crippen LogP) is 3.59. The van der Waals surface area contributed by atoms with Gasteiger partial charge in [-0.25, -0.2) is 0 Å². The van der Waals surface area contributed by atoms with Crippen LogP contribution in [0.15, 0.2) is 39.6 Å². The molecule has 0 aliphatic carbocycles. The van der Waals surface area contributed by atoms with E-state index in [0.717, 1.165) is 24.8 Å². The third-order valence-corrected chi connectivity index (χ3v) is 6.41. The van der Waals surface area contributed by atoms with Gasteiger partial charge in [-0.05, 0) is 31.7 Å². The average molecular weight is 496 g/mol. The Balaban J connectivity index is 1.85. The highest BCUT2D eigenvalue weighted by atomic mass is 16.5. The van der Waals surface area contributed by atoms with Gasteiger partial charge in [0.15, 0.2) is 0 Å². The van der Waals surface area contributed by atoms with Crippen molar-refractivity contribution in [2.24, 2.45) is 11.7 Å². The first-order chi connectivity index (χ1) is 17.2. The van der Waals surface area contributed by atoms with Gasteiger partial charge in [0.1, 0.15) is 11.2 Å². The fourth-order valence-corrected chi connectivity index (χ4v) is 4.55. The lowest BCUT2D eigenvalue weighted by atomic mass is 10.0. The second-order valence-corrected chi connectivity index (χ2v) is 9.59. The van der Waals surface area contributed by atoms with Gasteiger partial charge in [0, 0.05) is 31.3 Å². The van der Waals surface area contributed by atoms with Crippen molar-refractivity contribution in [2.45, 2.75) is 78.8 Å². The molecule has 3 rings (SSSR count). The van der Waals surface area contributed by atoms with Gasteiger partial charge >= 0.3 is 0 Å². The molecule has 0 saturated heterocycles. The lowest BCUT2D eigenvalue weighted by molar-refractivity contribution is -0.137. The smallest absolute Gasteiger partial charge is 0.267 e. The van der Waals surface area contributed by atoms with Gasteiger partial charge in [-0.15, -0.1) is 0 Å². The molecule has 194 valence electrons. The highest BCUT2D eigenvalue weighted by Crippen LogP contribution is 2.20. The summed E-state index contributed by atoms with van der Waals surface area (Å²) < 4.78 is 7.02. The Hall–Kier alpha value is -3.49. The summed E-state index contributed by atoms with van der Waals surface area (Å²) in [6, 6.07) is 9.76. The Morgan fingerprint density at radius 3 is 2.53 bits per heavy atom. The Labute approximate surface area is 211 Å². The van der Waals surface area contributed by atoms with Crippen LogP contribution in [0.3, 0.4) is 0 Å². The predicted molar refractivity (Wildman–Crippen MR) is 138 cm³/mol. The van der Waals surface area contributed by atoms with E-state index in [1.807, 2.05) is 49.1 Å². The van der Waals surface area contributed by atoms with E-state index in [1.165, 1.54) is 0 Å². The van der Waals surface area contributed by atoms with E-state index >= 15 is 0 Å². The quantitative estimate of drug-likeness (QED) is 0.386. The minimum atomic E-state index is -0.420. The number of primary amides is 1. The minimum absolute atomic E-state index is 0.0187. The summed E-state index contributed by atoms with van der Waals surface area (Å²) in [5, 5.41) is 4.34. The van der Waals surface area contributed by atoms with Gasteiger partial charge < -0.3 is 15.2 Å². The SMILES string of the molecule is CCCC(CCCc1nc2onc(C)c2c(=O)n1Cc1ccccc1)N(CCC(N)=O)C(=O)C(C)C. The topological polar surface area (TPSA) is 124 Å². The monoisotopic (exact) mass is 495 g/mol. The highest BCUT2D eigenvalue weighted by molar-refractivity contribution is 5.80. The molecule has 2 amide bonds. The number of hydrogen-bond acceptors (Lipinski definition) is 6. The maximum Gasteiger partial charge on any atom is 0.267 e. The number of carbonyl (C=O) groups excluding carboxylic acids is 2. The van der Waals surface area contributed by atoms with E-state index in [9.17, 15) is 14.4 Å². The van der Waals surface area contributed by atoms with Crippen LogP contribution in [0.1, 0.15) is 70.0 Å². The van der Waals surface area contributed by atoms with Crippen molar-refractivity contribution in [1.29, 1.82) is 0 Å². The zero-order chi connectivity index (χ0) is 26.2. The van der Waals surface area contributed by atoms with E-state index in [0.29, 0.717) is 42.8 Å². The molecule has 0 aliphatic rings. The van der Waals surface area contributed by atoms with Gasteiger partial charge in [0.25, 0.3) is 11.3 Å². The molecule has 0 bridgehead atoms. The fourth-order valence-electron chi connectivity index (χ4n) is 4.55. The van der Waals surface area contributed by atoms with Crippen LogP contribution in [-0.4, -0.2) is 44.0 Å². The molecule has 9 heteroatoms. The molecule has 0 fully saturated rings. The molecule has 1 unspecified atom stereocenters. The minimum Gasteiger partial charge on any atom is -0.370 e. The van der Waals surface area contributed by atoms with E-state index in [-0.39, 0.29) is 35.6 Å². The van der Waals surface area contributed by atoms with E-state index < -0.39 is 5.91 Å². The standard InChI is InChI=1S/C27H37N5O4/c1-5-10-21(31(16-15-22(28)33)26(34)18(2)3)13-9-14-23-29-25-24(19(4)30-36-25)27(35)32(23)17-20-11-7-6-8-12-20/h6-8,11-12,18,21H,5,9-10,13-17H2,1-4H3,(H2,28,33). The van der Waals surface area contributed by atoms with E-state index in [4.69, 9.17) is 10.3 Å². The van der Waals surface area contributed by atoms with Gasteiger partial charge in [-0.3, -0.25) is 19.0 Å². The first kappa shape index (κ1) is 27.1. The second-order valence-electron chi connectivity index (χ2n) is 9.59. The number of aromatic nitrogens is 3. The van der Waals surface area contributed by atoms with Crippen molar-refractivity contribution in [1.82, 2.24) is 19.6 Å². The van der Waals surface area contributed by atoms with Crippen LogP contribution in [0, 0.1) is 12.8 Å². The van der Waals surface area contributed by atoms with E-state index in [2.05, 4.69) is 17.1 Å². The summed E-state index contributed by atoms with van der Waals surface area (Å²) in [4.78, 5) is 44.2. The van der Waals surface area contributed by atoms with Crippen molar-refractivity contribution < 1.29 is 14.1 Å². The lowest BCUT2D eigenvalue weighted by Gasteiger charge is -2.33. The van der Waals surface area contributed by atoms with E-state index in [1.54, 1.807) is 11.5 Å². The van der Waals surface area contributed by atoms with Crippen molar-refractivity contribution in [3.05, 3.63) is 57.8 Å². The molecular weight excluding hydrogens is 458 g/mol. The normalized spacial score (nSPS) is 12.2. The molecule has 36 heavy (non-hydrogen) atoms. The van der Waals surface area contributed by atoms with Crippen LogP contribution in [0.5, 0.6) is 0 Å². The highest BCUT2D eigenvalue weighted by Gasteiger charge is 2.25. The number of benzene rings is 1. The zero-order valence-corrected chi connectivity index (χ0v) is 21.7. The Morgan fingerprint density at radius 1 is 1.17 bits per heavy atom. The molecule has 2 N–H and O–H groups in total. The number of carbonyl (C=O) groups is 2. The van der Waals surface area contributed by atoms with Gasteiger partial charge in [-0.2, -0.15) is 4.98 Å². The Bertz CT molecular complexity index is 1230. The first-order valence-electron chi connectivity index (χ1n) is 12.7. The summed E-state index contributed by atoms with van der Waals surface area (Å²) in [6.07, 6.45) is 3.84. The number of fused-ring (bicyclic) bond motifs is 1. The second kappa shape index (κ2) is 12.5. The molecule has 0 spiro atoms. The maximum atomic E-state index is 13.4. The molecule has 2 heterocycles. The molecule has 0 saturated carbocycles. The molecule has 1 aromatic carbocycles. The van der Waals surface area contributed by atoms with Crippen LogP contribution in [0.4, 0.5) is 0 Å².